The zero-order valence-electron chi connectivity index (χ0n) is 17.8. The number of hydrogen-bond donors (Lipinski definition) is 1. The van der Waals surface area contributed by atoms with Crippen LogP contribution in [0.25, 0.3) is 0 Å². The summed E-state index contributed by atoms with van der Waals surface area (Å²) in [5.74, 6) is -0.619. The average molecular weight is 445 g/mol. The Morgan fingerprint density at radius 1 is 1.03 bits per heavy atom. The maximum atomic E-state index is 13.0. The molecule has 1 saturated heterocycles. The van der Waals surface area contributed by atoms with E-state index in [0.717, 1.165) is 12.0 Å². The summed E-state index contributed by atoms with van der Waals surface area (Å²) < 4.78 is 32.6. The molecule has 1 aliphatic heterocycles. The number of sulfonamides is 1. The number of ether oxygens (including phenoxy) is 1. The minimum Gasteiger partial charge on any atom is -0.452 e. The highest BCUT2D eigenvalue weighted by molar-refractivity contribution is 7.89. The second kappa shape index (κ2) is 10.1. The first kappa shape index (κ1) is 23.0. The van der Waals surface area contributed by atoms with Crippen molar-refractivity contribution in [1.82, 2.24) is 9.62 Å². The van der Waals surface area contributed by atoms with Crippen molar-refractivity contribution in [3.05, 3.63) is 65.7 Å². The van der Waals surface area contributed by atoms with Gasteiger partial charge in [0.15, 0.2) is 6.61 Å². The highest BCUT2D eigenvalue weighted by Gasteiger charge is 2.32. The molecule has 1 aliphatic rings. The van der Waals surface area contributed by atoms with Gasteiger partial charge in [-0.15, -0.1) is 0 Å². The number of piperidine rings is 1. The zero-order chi connectivity index (χ0) is 22.4. The lowest BCUT2D eigenvalue weighted by Crippen LogP contribution is -2.42. The van der Waals surface area contributed by atoms with Crippen molar-refractivity contribution in [2.75, 3.05) is 19.7 Å². The van der Waals surface area contributed by atoms with Gasteiger partial charge in [-0.2, -0.15) is 4.31 Å². The standard InChI is InChI=1S/C23H28N2O5S/c1-17-11-18(2)15-25(14-17)31(28,29)21-10-6-9-20(12-21)23(27)30-16-22(26)24-13-19-7-4-3-5-8-19/h3-10,12,17-18H,11,13-16H2,1-2H3,(H,24,26). The van der Waals surface area contributed by atoms with Crippen molar-refractivity contribution < 1.29 is 22.7 Å². The summed E-state index contributed by atoms with van der Waals surface area (Å²) in [5, 5.41) is 2.67. The van der Waals surface area contributed by atoms with E-state index in [-0.39, 0.29) is 22.3 Å². The van der Waals surface area contributed by atoms with Crippen molar-refractivity contribution in [2.24, 2.45) is 11.8 Å². The maximum absolute atomic E-state index is 13.0. The van der Waals surface area contributed by atoms with Crippen LogP contribution in [0, 0.1) is 11.8 Å². The fourth-order valence-corrected chi connectivity index (χ4v) is 5.52. The van der Waals surface area contributed by atoms with Crippen molar-refractivity contribution in [1.29, 1.82) is 0 Å². The topological polar surface area (TPSA) is 92.8 Å². The van der Waals surface area contributed by atoms with Crippen LogP contribution < -0.4 is 5.32 Å². The molecule has 0 aromatic heterocycles. The van der Waals surface area contributed by atoms with Gasteiger partial charge < -0.3 is 10.1 Å². The Hall–Kier alpha value is -2.71. The normalized spacial score (nSPS) is 19.5. The molecule has 1 amide bonds. The van der Waals surface area contributed by atoms with Gasteiger partial charge in [-0.25, -0.2) is 13.2 Å². The third-order valence-corrected chi connectivity index (χ3v) is 7.04. The van der Waals surface area contributed by atoms with Crippen LogP contribution in [0.3, 0.4) is 0 Å². The lowest BCUT2D eigenvalue weighted by molar-refractivity contribution is -0.124. The van der Waals surface area contributed by atoms with E-state index in [1.165, 1.54) is 28.6 Å². The lowest BCUT2D eigenvalue weighted by atomic mass is 9.94. The average Bonchev–Trinajstić information content (AvgIpc) is 2.76. The molecule has 166 valence electrons. The third kappa shape index (κ3) is 6.15. The molecule has 2 atom stereocenters. The zero-order valence-corrected chi connectivity index (χ0v) is 18.6. The van der Waals surface area contributed by atoms with Crippen molar-refractivity contribution in [2.45, 2.75) is 31.7 Å². The number of carbonyl (C=O) groups is 2. The maximum Gasteiger partial charge on any atom is 0.338 e. The quantitative estimate of drug-likeness (QED) is 0.663. The van der Waals surface area contributed by atoms with Gasteiger partial charge in [0.25, 0.3) is 5.91 Å². The van der Waals surface area contributed by atoms with Gasteiger partial charge in [0.05, 0.1) is 10.5 Å². The van der Waals surface area contributed by atoms with E-state index < -0.39 is 28.5 Å². The minimum absolute atomic E-state index is 0.0526. The van der Waals surface area contributed by atoms with Gasteiger partial charge in [-0.1, -0.05) is 50.2 Å². The first-order chi connectivity index (χ1) is 14.8. The summed E-state index contributed by atoms with van der Waals surface area (Å²) >= 11 is 0. The first-order valence-corrected chi connectivity index (χ1v) is 11.8. The number of benzene rings is 2. The van der Waals surface area contributed by atoms with Crippen LogP contribution in [-0.2, 0) is 26.1 Å². The Morgan fingerprint density at radius 2 is 1.71 bits per heavy atom. The Bertz CT molecular complexity index is 1010. The van der Waals surface area contributed by atoms with E-state index >= 15 is 0 Å². The van der Waals surface area contributed by atoms with Crippen molar-refractivity contribution in [3.8, 4) is 0 Å². The van der Waals surface area contributed by atoms with E-state index in [4.69, 9.17) is 4.74 Å². The fraction of sp³-hybridized carbons (Fsp3) is 0.391. The molecule has 1 heterocycles. The lowest BCUT2D eigenvalue weighted by Gasteiger charge is -2.34. The fourth-order valence-electron chi connectivity index (χ4n) is 3.80. The second-order valence-corrected chi connectivity index (χ2v) is 10.1. The largest absolute Gasteiger partial charge is 0.452 e. The van der Waals surface area contributed by atoms with E-state index in [9.17, 15) is 18.0 Å². The number of carbonyl (C=O) groups excluding carboxylic acids is 2. The molecule has 7 nitrogen and oxygen atoms in total. The Balaban J connectivity index is 1.60. The van der Waals surface area contributed by atoms with Gasteiger partial charge in [0.2, 0.25) is 10.0 Å². The predicted octanol–water partition coefficient (Wildman–Crippen LogP) is 2.83. The Labute approximate surface area is 183 Å². The van der Waals surface area contributed by atoms with Crippen LogP contribution in [0.4, 0.5) is 0 Å². The van der Waals surface area contributed by atoms with Gasteiger partial charge >= 0.3 is 5.97 Å². The number of nitrogens with zero attached hydrogens (tertiary/aromatic N) is 1. The molecule has 3 rings (SSSR count). The van der Waals surface area contributed by atoms with E-state index in [1.807, 2.05) is 44.2 Å². The molecule has 8 heteroatoms. The minimum atomic E-state index is -3.71. The SMILES string of the molecule is CC1CC(C)CN(S(=O)(=O)c2cccc(C(=O)OCC(=O)NCc3ccccc3)c2)C1. The molecule has 2 aromatic carbocycles. The number of rotatable bonds is 7. The molecule has 1 fully saturated rings. The second-order valence-electron chi connectivity index (χ2n) is 8.13. The highest BCUT2D eigenvalue weighted by Crippen LogP contribution is 2.27. The molecule has 0 spiro atoms. The highest BCUT2D eigenvalue weighted by atomic mass is 32.2. The van der Waals surface area contributed by atoms with Crippen LogP contribution in [-0.4, -0.2) is 44.3 Å². The molecular weight excluding hydrogens is 416 g/mol. The van der Waals surface area contributed by atoms with Gasteiger partial charge in [0.1, 0.15) is 0 Å². The van der Waals surface area contributed by atoms with Crippen molar-refractivity contribution >= 4 is 21.9 Å². The van der Waals surface area contributed by atoms with Crippen molar-refractivity contribution in [3.63, 3.8) is 0 Å². The number of esters is 1. The molecule has 1 N–H and O–H groups in total. The number of nitrogens with one attached hydrogen (secondary N) is 1. The summed E-state index contributed by atoms with van der Waals surface area (Å²) in [7, 11) is -3.71. The molecule has 0 saturated carbocycles. The molecule has 2 aromatic rings. The first-order valence-electron chi connectivity index (χ1n) is 10.3. The van der Waals surface area contributed by atoms with Gasteiger partial charge in [0, 0.05) is 19.6 Å². The predicted molar refractivity (Wildman–Crippen MR) is 117 cm³/mol. The summed E-state index contributed by atoms with van der Waals surface area (Å²) in [6, 6.07) is 15.1. The van der Waals surface area contributed by atoms with E-state index in [2.05, 4.69) is 5.32 Å². The molecule has 0 aliphatic carbocycles. The summed E-state index contributed by atoms with van der Waals surface area (Å²) in [6.07, 6.45) is 0.991. The van der Waals surface area contributed by atoms with Gasteiger partial charge in [-0.3, -0.25) is 4.79 Å². The van der Waals surface area contributed by atoms with E-state index in [0.29, 0.717) is 19.6 Å². The summed E-state index contributed by atoms with van der Waals surface area (Å²) in [4.78, 5) is 24.4. The Kier molecular flexibility index (Phi) is 7.46. The van der Waals surface area contributed by atoms with Crippen LogP contribution in [0.5, 0.6) is 0 Å². The molecule has 0 bridgehead atoms. The third-order valence-electron chi connectivity index (χ3n) is 5.21. The Morgan fingerprint density at radius 3 is 2.39 bits per heavy atom. The summed E-state index contributed by atoms with van der Waals surface area (Å²) in [5.41, 5.74) is 1.02. The monoisotopic (exact) mass is 444 g/mol. The molecule has 2 unspecified atom stereocenters. The number of hydrogen-bond acceptors (Lipinski definition) is 5. The summed E-state index contributed by atoms with van der Waals surface area (Å²) in [6.45, 7) is 4.89. The van der Waals surface area contributed by atoms with E-state index in [1.54, 1.807) is 0 Å². The molecule has 31 heavy (non-hydrogen) atoms. The molecular formula is C23H28N2O5S. The van der Waals surface area contributed by atoms with Crippen LogP contribution in [0.15, 0.2) is 59.5 Å². The van der Waals surface area contributed by atoms with Crippen LogP contribution >= 0.6 is 0 Å². The van der Waals surface area contributed by atoms with Crippen LogP contribution in [0.1, 0.15) is 36.2 Å². The number of amides is 1. The van der Waals surface area contributed by atoms with Gasteiger partial charge in [-0.05, 0) is 42.0 Å². The molecule has 0 radical (unpaired) electrons. The smallest absolute Gasteiger partial charge is 0.338 e. The van der Waals surface area contributed by atoms with Crippen LogP contribution in [0.2, 0.25) is 0 Å².